The molecule has 0 spiro atoms. The van der Waals surface area contributed by atoms with Crippen LogP contribution in [0.15, 0.2) is 36.5 Å². The van der Waals surface area contributed by atoms with E-state index in [-0.39, 0.29) is 0 Å². The average molecular weight is 148 g/mol. The highest BCUT2D eigenvalue weighted by atomic mass is 14.2. The lowest BCUT2D eigenvalue weighted by Crippen LogP contribution is -2.03. The van der Waals surface area contributed by atoms with Gasteiger partial charge >= 0.3 is 0 Å². The van der Waals surface area contributed by atoms with Gasteiger partial charge in [-0.3, -0.25) is 0 Å². The number of allylic oxidation sites excluding steroid dienone is 6. The SMILES string of the molecule is C1=CC2C=CCC2C=C1.CC. The van der Waals surface area contributed by atoms with Gasteiger partial charge in [-0.25, -0.2) is 0 Å². The van der Waals surface area contributed by atoms with Crippen molar-refractivity contribution in [3.8, 4) is 0 Å². The fraction of sp³-hybridized carbons (Fsp3) is 0.455. The molecule has 0 bridgehead atoms. The monoisotopic (exact) mass is 148 g/mol. The van der Waals surface area contributed by atoms with Gasteiger partial charge in [0.15, 0.2) is 0 Å². The largest absolute Gasteiger partial charge is 0.0873 e. The van der Waals surface area contributed by atoms with Crippen molar-refractivity contribution >= 4 is 0 Å². The third-order valence-corrected chi connectivity index (χ3v) is 2.06. The molecule has 0 aliphatic heterocycles. The van der Waals surface area contributed by atoms with Crippen molar-refractivity contribution in [1.29, 1.82) is 0 Å². The Hall–Kier alpha value is -0.780. The fourth-order valence-electron chi connectivity index (χ4n) is 1.51. The topological polar surface area (TPSA) is 0 Å². The highest BCUT2D eigenvalue weighted by molar-refractivity contribution is 5.22. The highest BCUT2D eigenvalue weighted by Crippen LogP contribution is 2.29. The van der Waals surface area contributed by atoms with E-state index in [1.807, 2.05) is 13.8 Å². The zero-order valence-corrected chi connectivity index (χ0v) is 7.33. The predicted octanol–water partition coefficient (Wildman–Crippen LogP) is 3.33. The maximum absolute atomic E-state index is 2.30. The van der Waals surface area contributed by atoms with Gasteiger partial charge in [-0.15, -0.1) is 0 Å². The number of fused-ring (bicyclic) bond motifs is 1. The summed E-state index contributed by atoms with van der Waals surface area (Å²) in [5, 5.41) is 0. The van der Waals surface area contributed by atoms with Gasteiger partial charge in [0, 0.05) is 5.92 Å². The minimum Gasteiger partial charge on any atom is -0.0873 e. The summed E-state index contributed by atoms with van der Waals surface area (Å²) in [5.74, 6) is 1.50. The molecule has 0 N–H and O–H groups in total. The van der Waals surface area contributed by atoms with Gasteiger partial charge in [0.05, 0.1) is 0 Å². The molecule has 2 aliphatic rings. The maximum Gasteiger partial charge on any atom is 0.00156 e. The summed E-state index contributed by atoms with van der Waals surface area (Å²) in [4.78, 5) is 0. The first-order valence-electron chi connectivity index (χ1n) is 4.48. The van der Waals surface area contributed by atoms with E-state index in [1.54, 1.807) is 0 Å². The third-order valence-electron chi connectivity index (χ3n) is 2.06. The molecule has 11 heavy (non-hydrogen) atoms. The van der Waals surface area contributed by atoms with E-state index < -0.39 is 0 Å². The van der Waals surface area contributed by atoms with Crippen LogP contribution in [0.2, 0.25) is 0 Å². The van der Waals surface area contributed by atoms with Gasteiger partial charge in [0.25, 0.3) is 0 Å². The Labute approximate surface area is 69.3 Å². The number of hydrogen-bond acceptors (Lipinski definition) is 0. The van der Waals surface area contributed by atoms with E-state index >= 15 is 0 Å². The molecule has 2 aliphatic carbocycles. The van der Waals surface area contributed by atoms with E-state index in [4.69, 9.17) is 0 Å². The van der Waals surface area contributed by atoms with Crippen molar-refractivity contribution < 1.29 is 0 Å². The van der Waals surface area contributed by atoms with Crippen molar-refractivity contribution in [2.24, 2.45) is 11.8 Å². The highest BCUT2D eigenvalue weighted by Gasteiger charge is 2.18. The van der Waals surface area contributed by atoms with Gasteiger partial charge in [0.1, 0.15) is 0 Å². The Morgan fingerprint density at radius 3 is 2.45 bits per heavy atom. The second-order valence-electron chi connectivity index (χ2n) is 2.67. The summed E-state index contributed by atoms with van der Waals surface area (Å²) in [5.41, 5.74) is 0. The maximum atomic E-state index is 2.30. The summed E-state index contributed by atoms with van der Waals surface area (Å²) < 4.78 is 0. The normalized spacial score (nSPS) is 31.1. The van der Waals surface area contributed by atoms with Gasteiger partial charge < -0.3 is 0 Å². The van der Waals surface area contributed by atoms with Gasteiger partial charge in [-0.2, -0.15) is 0 Å². The molecular formula is C11H16. The Kier molecular flexibility index (Phi) is 3.15. The summed E-state index contributed by atoms with van der Waals surface area (Å²) in [6.07, 6.45) is 14.7. The van der Waals surface area contributed by atoms with E-state index in [1.165, 1.54) is 6.42 Å². The molecule has 0 aromatic carbocycles. The van der Waals surface area contributed by atoms with Crippen molar-refractivity contribution in [1.82, 2.24) is 0 Å². The van der Waals surface area contributed by atoms with Crippen LogP contribution < -0.4 is 0 Å². The van der Waals surface area contributed by atoms with Crippen molar-refractivity contribution in [2.45, 2.75) is 20.3 Å². The van der Waals surface area contributed by atoms with Gasteiger partial charge in [-0.1, -0.05) is 50.3 Å². The third kappa shape index (κ3) is 1.83. The lowest BCUT2D eigenvalue weighted by atomic mass is 9.92. The van der Waals surface area contributed by atoms with Crippen LogP contribution in [0, 0.1) is 11.8 Å². The average Bonchev–Trinajstić information content (AvgIpc) is 2.55. The van der Waals surface area contributed by atoms with Crippen molar-refractivity contribution in [2.75, 3.05) is 0 Å². The van der Waals surface area contributed by atoms with Gasteiger partial charge in [-0.05, 0) is 12.3 Å². The van der Waals surface area contributed by atoms with Crippen LogP contribution in [-0.2, 0) is 0 Å². The molecule has 0 saturated carbocycles. The molecule has 0 nitrogen and oxygen atoms in total. The summed E-state index contributed by atoms with van der Waals surface area (Å²) in [6.45, 7) is 4.00. The Bertz CT molecular complexity index is 184. The first kappa shape index (κ1) is 8.32. The van der Waals surface area contributed by atoms with Crippen LogP contribution >= 0.6 is 0 Å². The molecule has 0 radical (unpaired) electrons. The van der Waals surface area contributed by atoms with Crippen LogP contribution in [0.3, 0.4) is 0 Å². The first-order chi connectivity index (χ1) is 5.47. The zero-order chi connectivity index (χ0) is 8.10. The summed E-state index contributed by atoms with van der Waals surface area (Å²) in [6, 6.07) is 0. The fourth-order valence-corrected chi connectivity index (χ4v) is 1.51. The molecule has 0 aromatic heterocycles. The standard InChI is InChI=1S/C9H10.C2H6/c1-2-5-9-7-3-6-8(9)4-1;1-2/h1-6,8-9H,7H2;1-2H3. The lowest BCUT2D eigenvalue weighted by Gasteiger charge is -2.13. The Morgan fingerprint density at radius 1 is 1.00 bits per heavy atom. The van der Waals surface area contributed by atoms with Crippen LogP contribution in [0.4, 0.5) is 0 Å². The van der Waals surface area contributed by atoms with Gasteiger partial charge in [0.2, 0.25) is 0 Å². The van der Waals surface area contributed by atoms with Crippen LogP contribution in [0.5, 0.6) is 0 Å². The molecule has 0 amide bonds. The Morgan fingerprint density at radius 2 is 1.73 bits per heavy atom. The first-order valence-corrected chi connectivity index (χ1v) is 4.48. The van der Waals surface area contributed by atoms with Crippen LogP contribution in [-0.4, -0.2) is 0 Å². The van der Waals surface area contributed by atoms with Crippen LogP contribution in [0.1, 0.15) is 20.3 Å². The number of rotatable bonds is 0. The molecule has 60 valence electrons. The summed E-state index contributed by atoms with van der Waals surface area (Å²) in [7, 11) is 0. The smallest absolute Gasteiger partial charge is 0.00156 e. The van der Waals surface area contributed by atoms with E-state index in [9.17, 15) is 0 Å². The van der Waals surface area contributed by atoms with E-state index in [0.717, 1.165) is 11.8 Å². The second-order valence-corrected chi connectivity index (χ2v) is 2.67. The van der Waals surface area contributed by atoms with Crippen LogP contribution in [0.25, 0.3) is 0 Å². The molecule has 2 rings (SSSR count). The molecule has 0 aromatic rings. The Balaban J connectivity index is 0.000000281. The van der Waals surface area contributed by atoms with E-state index in [0.29, 0.717) is 0 Å². The second kappa shape index (κ2) is 4.17. The molecule has 0 fully saturated rings. The minimum absolute atomic E-state index is 0.718. The van der Waals surface area contributed by atoms with E-state index in [2.05, 4.69) is 36.5 Å². The quantitative estimate of drug-likeness (QED) is 0.462. The molecule has 0 heteroatoms. The van der Waals surface area contributed by atoms with Crippen molar-refractivity contribution in [3.63, 3.8) is 0 Å². The predicted molar refractivity (Wildman–Crippen MR) is 50.4 cm³/mol. The summed E-state index contributed by atoms with van der Waals surface area (Å²) >= 11 is 0. The van der Waals surface area contributed by atoms with Crippen molar-refractivity contribution in [3.05, 3.63) is 36.5 Å². The molecule has 0 heterocycles. The molecule has 2 atom stereocenters. The molecule has 2 unspecified atom stereocenters. The molecular weight excluding hydrogens is 132 g/mol. The molecule has 0 saturated heterocycles. The minimum atomic E-state index is 0.718. The number of hydrogen-bond donors (Lipinski definition) is 0. The lowest BCUT2D eigenvalue weighted by molar-refractivity contribution is 0.596. The zero-order valence-electron chi connectivity index (χ0n) is 7.33.